The van der Waals surface area contributed by atoms with Crippen molar-refractivity contribution in [3.8, 4) is 10.8 Å². The molecule has 1 saturated carbocycles. The Hall–Kier alpha value is -2.11. The first-order valence-corrected chi connectivity index (χ1v) is 10.3. The summed E-state index contributed by atoms with van der Waals surface area (Å²) in [7, 11) is 0. The van der Waals surface area contributed by atoms with Gasteiger partial charge in [0.1, 0.15) is 5.76 Å². The molecular formula is C21H21ClN2O2S. The molecule has 2 heterocycles. The number of nitrogens with zero attached hydrogens (tertiary/aromatic N) is 2. The van der Waals surface area contributed by atoms with Gasteiger partial charge in [0, 0.05) is 16.4 Å². The topological polar surface area (TPSA) is 46.3 Å². The molecule has 1 aromatic carbocycles. The molecule has 4 nitrogen and oxygen atoms in total. The Kier molecular flexibility index (Phi) is 5.06. The average molecular weight is 401 g/mol. The molecule has 0 spiro atoms. The third kappa shape index (κ3) is 4.09. The number of aromatic nitrogens is 1. The van der Waals surface area contributed by atoms with Crippen LogP contribution in [0.1, 0.15) is 42.8 Å². The lowest BCUT2D eigenvalue weighted by molar-refractivity contribution is -0.133. The van der Waals surface area contributed by atoms with Crippen LogP contribution in [0.5, 0.6) is 0 Å². The molecule has 3 aromatic rings. The molecule has 0 aliphatic heterocycles. The van der Waals surface area contributed by atoms with Crippen LogP contribution in [0, 0.1) is 6.92 Å². The van der Waals surface area contributed by atoms with Gasteiger partial charge in [-0.15, -0.1) is 11.3 Å². The van der Waals surface area contributed by atoms with Crippen molar-refractivity contribution in [2.75, 3.05) is 0 Å². The van der Waals surface area contributed by atoms with E-state index in [2.05, 4.69) is 11.9 Å². The van der Waals surface area contributed by atoms with E-state index < -0.39 is 0 Å². The second-order valence-corrected chi connectivity index (χ2v) is 8.29. The van der Waals surface area contributed by atoms with E-state index in [1.807, 2.05) is 53.6 Å². The lowest BCUT2D eigenvalue weighted by atomic mass is 10.1. The maximum Gasteiger partial charge on any atom is 0.229 e. The van der Waals surface area contributed by atoms with Gasteiger partial charge < -0.3 is 9.32 Å². The van der Waals surface area contributed by atoms with Gasteiger partial charge in [0.25, 0.3) is 0 Å². The zero-order valence-electron chi connectivity index (χ0n) is 15.3. The van der Waals surface area contributed by atoms with E-state index in [0.29, 0.717) is 17.5 Å². The SMILES string of the molecule is Cc1ccc(-c2nc(CC(=O)N(C3CC3)C(C)c3ccc(Cl)cc3)cs2)o1. The van der Waals surface area contributed by atoms with Crippen LogP contribution in [-0.2, 0) is 11.2 Å². The monoisotopic (exact) mass is 400 g/mol. The van der Waals surface area contributed by atoms with Crippen LogP contribution >= 0.6 is 22.9 Å². The Labute approximate surface area is 167 Å². The van der Waals surface area contributed by atoms with E-state index in [-0.39, 0.29) is 11.9 Å². The minimum atomic E-state index is 0.0214. The number of thiazole rings is 1. The zero-order valence-corrected chi connectivity index (χ0v) is 16.9. The highest BCUT2D eigenvalue weighted by molar-refractivity contribution is 7.13. The normalized spacial score (nSPS) is 14.9. The highest BCUT2D eigenvalue weighted by Gasteiger charge is 2.36. The number of rotatable bonds is 6. The summed E-state index contributed by atoms with van der Waals surface area (Å²) < 4.78 is 5.63. The molecule has 2 aromatic heterocycles. The molecule has 27 heavy (non-hydrogen) atoms. The number of hydrogen-bond donors (Lipinski definition) is 0. The highest BCUT2D eigenvalue weighted by atomic mass is 35.5. The largest absolute Gasteiger partial charge is 0.459 e. The number of carbonyl (C=O) groups excluding carboxylic acids is 1. The van der Waals surface area contributed by atoms with E-state index >= 15 is 0 Å². The van der Waals surface area contributed by atoms with Crippen LogP contribution in [0.15, 0.2) is 46.2 Å². The predicted octanol–water partition coefficient (Wildman–Crippen LogP) is 5.66. The Morgan fingerprint density at radius 3 is 2.67 bits per heavy atom. The standard InChI is InChI=1S/C21H21ClN2O2S/c1-13-3-10-19(26-13)21-23-17(12-27-21)11-20(25)24(18-8-9-18)14(2)15-4-6-16(22)7-5-15/h3-7,10,12,14,18H,8-9,11H2,1-2H3. The molecule has 6 heteroatoms. The van der Waals surface area contributed by atoms with E-state index in [9.17, 15) is 4.79 Å². The maximum absolute atomic E-state index is 13.1. The Morgan fingerprint density at radius 1 is 1.30 bits per heavy atom. The van der Waals surface area contributed by atoms with E-state index in [1.165, 1.54) is 11.3 Å². The summed E-state index contributed by atoms with van der Waals surface area (Å²) in [6.07, 6.45) is 2.44. The van der Waals surface area contributed by atoms with Crippen LogP contribution in [0.4, 0.5) is 0 Å². The average Bonchev–Trinajstić information content (AvgIpc) is 3.19. The lowest BCUT2D eigenvalue weighted by Crippen LogP contribution is -2.36. The number of hydrogen-bond acceptors (Lipinski definition) is 4. The van der Waals surface area contributed by atoms with Crippen molar-refractivity contribution >= 4 is 28.8 Å². The maximum atomic E-state index is 13.1. The molecule has 1 unspecified atom stereocenters. The second kappa shape index (κ2) is 7.49. The van der Waals surface area contributed by atoms with Crippen LogP contribution < -0.4 is 0 Å². The second-order valence-electron chi connectivity index (χ2n) is 6.99. The third-order valence-corrected chi connectivity index (χ3v) is 5.99. The minimum absolute atomic E-state index is 0.0214. The van der Waals surface area contributed by atoms with Crippen LogP contribution in [0.2, 0.25) is 5.02 Å². The summed E-state index contributed by atoms with van der Waals surface area (Å²) in [6.45, 7) is 3.99. The summed E-state index contributed by atoms with van der Waals surface area (Å²) in [6, 6.07) is 11.9. The highest BCUT2D eigenvalue weighted by Crippen LogP contribution is 2.35. The van der Waals surface area contributed by atoms with Gasteiger partial charge in [-0.1, -0.05) is 23.7 Å². The fourth-order valence-corrected chi connectivity index (χ4v) is 4.19. The summed E-state index contributed by atoms with van der Waals surface area (Å²) >= 11 is 7.51. The van der Waals surface area contributed by atoms with Gasteiger partial charge in [0.2, 0.25) is 5.91 Å². The summed E-state index contributed by atoms with van der Waals surface area (Å²) in [5.41, 5.74) is 1.90. The first-order chi connectivity index (χ1) is 13.0. The Bertz CT molecular complexity index is 943. The van der Waals surface area contributed by atoms with Crippen molar-refractivity contribution < 1.29 is 9.21 Å². The molecule has 0 saturated heterocycles. The first-order valence-electron chi connectivity index (χ1n) is 9.09. The molecule has 0 bridgehead atoms. The van der Waals surface area contributed by atoms with Gasteiger partial charge in [0.05, 0.1) is 18.2 Å². The van der Waals surface area contributed by atoms with Crippen molar-refractivity contribution in [1.82, 2.24) is 9.88 Å². The van der Waals surface area contributed by atoms with E-state index in [1.54, 1.807) is 0 Å². The van der Waals surface area contributed by atoms with Gasteiger partial charge in [-0.2, -0.15) is 0 Å². The number of carbonyl (C=O) groups is 1. The Balaban J connectivity index is 1.50. The summed E-state index contributed by atoms with van der Waals surface area (Å²) in [5.74, 6) is 1.73. The molecule has 1 amide bonds. The molecule has 1 aliphatic rings. The number of benzene rings is 1. The molecule has 0 N–H and O–H groups in total. The third-order valence-electron chi connectivity index (χ3n) is 4.83. The Morgan fingerprint density at radius 2 is 2.04 bits per heavy atom. The zero-order chi connectivity index (χ0) is 19.0. The van der Waals surface area contributed by atoms with E-state index in [4.69, 9.17) is 16.0 Å². The first kappa shape index (κ1) is 18.3. The van der Waals surface area contributed by atoms with E-state index in [0.717, 1.165) is 40.6 Å². The molecule has 1 aliphatic carbocycles. The van der Waals surface area contributed by atoms with Gasteiger partial charge in [0.15, 0.2) is 10.8 Å². The summed E-state index contributed by atoms with van der Waals surface area (Å²) in [5, 5.41) is 3.47. The number of furan rings is 1. The molecule has 1 atom stereocenters. The van der Waals surface area contributed by atoms with Crippen molar-refractivity contribution in [3.05, 3.63) is 63.8 Å². The van der Waals surface area contributed by atoms with Gasteiger partial charge >= 0.3 is 0 Å². The van der Waals surface area contributed by atoms with Crippen molar-refractivity contribution in [2.45, 2.75) is 45.2 Å². The smallest absolute Gasteiger partial charge is 0.229 e. The molecule has 1 fully saturated rings. The fourth-order valence-electron chi connectivity index (χ4n) is 3.29. The number of aryl methyl sites for hydroxylation is 1. The molecule has 140 valence electrons. The van der Waals surface area contributed by atoms with Crippen molar-refractivity contribution in [1.29, 1.82) is 0 Å². The molecular weight excluding hydrogens is 380 g/mol. The number of amides is 1. The number of halogens is 1. The van der Waals surface area contributed by atoms with Gasteiger partial charge in [-0.25, -0.2) is 4.98 Å². The van der Waals surface area contributed by atoms with Gasteiger partial charge in [-0.3, -0.25) is 4.79 Å². The minimum Gasteiger partial charge on any atom is -0.459 e. The lowest BCUT2D eigenvalue weighted by Gasteiger charge is -2.29. The molecule has 0 radical (unpaired) electrons. The van der Waals surface area contributed by atoms with Crippen LogP contribution in [-0.4, -0.2) is 21.8 Å². The quantitative estimate of drug-likeness (QED) is 0.536. The van der Waals surface area contributed by atoms with Crippen molar-refractivity contribution in [3.63, 3.8) is 0 Å². The summed E-state index contributed by atoms with van der Waals surface area (Å²) in [4.78, 5) is 19.7. The van der Waals surface area contributed by atoms with Gasteiger partial charge in [-0.05, 0) is 56.5 Å². The predicted molar refractivity (Wildman–Crippen MR) is 108 cm³/mol. The van der Waals surface area contributed by atoms with Crippen LogP contribution in [0.3, 0.4) is 0 Å². The van der Waals surface area contributed by atoms with Crippen molar-refractivity contribution in [2.24, 2.45) is 0 Å². The van der Waals surface area contributed by atoms with Crippen LogP contribution in [0.25, 0.3) is 10.8 Å². The molecule has 4 rings (SSSR count). The fraction of sp³-hybridized carbons (Fsp3) is 0.333.